The van der Waals surface area contributed by atoms with E-state index in [9.17, 15) is 4.79 Å². The number of aromatic nitrogens is 2. The third-order valence-electron chi connectivity index (χ3n) is 5.97. The van der Waals surface area contributed by atoms with E-state index in [0.29, 0.717) is 19.1 Å². The predicted octanol–water partition coefficient (Wildman–Crippen LogP) is 3.17. The minimum Gasteiger partial charge on any atom is -0.423 e. The topological polar surface area (TPSA) is 74.5 Å². The second-order valence-electron chi connectivity index (χ2n) is 8.32. The maximum absolute atomic E-state index is 12.5. The maximum atomic E-state index is 12.5. The number of anilines is 1. The van der Waals surface area contributed by atoms with E-state index in [4.69, 9.17) is 4.42 Å². The number of rotatable bonds is 6. The van der Waals surface area contributed by atoms with E-state index >= 15 is 0 Å². The molecular weight excluding hydrogens is 402 g/mol. The highest BCUT2D eigenvalue weighted by atomic mass is 16.4. The molecule has 1 N–H and O–H groups in total. The molecule has 0 bridgehead atoms. The zero-order valence-corrected chi connectivity index (χ0v) is 18.3. The monoisotopic (exact) mass is 429 g/mol. The van der Waals surface area contributed by atoms with E-state index in [1.165, 1.54) is 5.56 Å². The van der Waals surface area contributed by atoms with Gasteiger partial charge >= 0.3 is 0 Å². The first-order valence-corrected chi connectivity index (χ1v) is 11.1. The summed E-state index contributed by atoms with van der Waals surface area (Å²) in [5.41, 5.74) is 5.04. The van der Waals surface area contributed by atoms with Gasteiger partial charge in [-0.2, -0.15) is 4.98 Å². The first-order chi connectivity index (χ1) is 15.7. The van der Waals surface area contributed by atoms with E-state index in [-0.39, 0.29) is 5.91 Å². The number of pyridine rings is 1. The summed E-state index contributed by atoms with van der Waals surface area (Å²) >= 11 is 0. The second-order valence-corrected chi connectivity index (χ2v) is 8.32. The van der Waals surface area contributed by atoms with Gasteiger partial charge in [0, 0.05) is 44.3 Å². The fraction of sp³-hybridized carbons (Fsp3) is 0.320. The van der Waals surface area contributed by atoms with Gasteiger partial charge in [-0.25, -0.2) is 0 Å². The molecule has 3 heterocycles. The van der Waals surface area contributed by atoms with Gasteiger partial charge in [-0.15, -0.1) is 0 Å². The lowest BCUT2D eigenvalue weighted by atomic mass is 10.1. The number of hydrogen-bond donors (Lipinski definition) is 1. The summed E-state index contributed by atoms with van der Waals surface area (Å²) in [6.45, 7) is 6.26. The highest BCUT2D eigenvalue weighted by Gasteiger charge is 2.22. The smallest absolute Gasteiger partial charge is 0.298 e. The summed E-state index contributed by atoms with van der Waals surface area (Å²) in [5.74, 6) is 0.0592. The zero-order chi connectivity index (χ0) is 21.9. The number of aryl methyl sites for hydroxylation is 1. The third-order valence-corrected chi connectivity index (χ3v) is 5.97. The lowest BCUT2D eigenvalue weighted by Crippen LogP contribution is -2.49. The van der Waals surface area contributed by atoms with Crippen LogP contribution in [0.25, 0.3) is 22.0 Å². The highest BCUT2D eigenvalue weighted by molar-refractivity contribution is 5.82. The van der Waals surface area contributed by atoms with Crippen LogP contribution in [0.5, 0.6) is 0 Å². The molecule has 1 amide bonds. The standard InChI is InChI=1S/C25H27N5O2/c1-18-7-8-22-21(16-18)28-25(32-22)30-14-12-29(13-15-30)17-23(31)26-11-9-20-5-2-4-19-6-3-10-27-24(19)20/h2-8,10,16H,9,11-15,17H2,1H3,(H,26,31). The molecule has 1 aliphatic rings. The van der Waals surface area contributed by atoms with E-state index in [1.54, 1.807) is 0 Å². The molecule has 0 spiro atoms. The number of oxazole rings is 1. The van der Waals surface area contributed by atoms with Gasteiger partial charge in [0.2, 0.25) is 5.91 Å². The molecule has 1 saturated heterocycles. The largest absolute Gasteiger partial charge is 0.423 e. The van der Waals surface area contributed by atoms with Gasteiger partial charge in [-0.1, -0.05) is 30.3 Å². The third kappa shape index (κ3) is 4.43. The first-order valence-electron chi connectivity index (χ1n) is 11.1. The summed E-state index contributed by atoms with van der Waals surface area (Å²) in [6, 6.07) is 16.9. The van der Waals surface area contributed by atoms with Crippen molar-refractivity contribution in [1.29, 1.82) is 0 Å². The molecule has 0 radical (unpaired) electrons. The normalized spacial score (nSPS) is 14.8. The van der Waals surface area contributed by atoms with Crippen molar-refractivity contribution in [3.8, 4) is 0 Å². The Morgan fingerprint density at radius 3 is 2.81 bits per heavy atom. The molecule has 2 aromatic carbocycles. The van der Waals surface area contributed by atoms with Crippen LogP contribution in [-0.4, -0.2) is 60.0 Å². The Morgan fingerprint density at radius 2 is 1.94 bits per heavy atom. The predicted molar refractivity (Wildman–Crippen MR) is 126 cm³/mol. The van der Waals surface area contributed by atoms with Crippen molar-refractivity contribution >= 4 is 33.9 Å². The van der Waals surface area contributed by atoms with Gasteiger partial charge in [0.1, 0.15) is 5.52 Å². The van der Waals surface area contributed by atoms with Gasteiger partial charge in [0.05, 0.1) is 12.1 Å². The number of hydrogen-bond acceptors (Lipinski definition) is 6. The van der Waals surface area contributed by atoms with Crippen LogP contribution in [0.1, 0.15) is 11.1 Å². The van der Waals surface area contributed by atoms with Crippen LogP contribution in [0, 0.1) is 6.92 Å². The van der Waals surface area contributed by atoms with E-state index in [1.807, 2.05) is 36.5 Å². The van der Waals surface area contributed by atoms with Crippen LogP contribution in [-0.2, 0) is 11.2 Å². The van der Waals surface area contributed by atoms with Crippen molar-refractivity contribution in [3.05, 3.63) is 65.9 Å². The SMILES string of the molecule is Cc1ccc2oc(N3CCN(CC(=O)NCCc4cccc5cccnc45)CC3)nc2c1. The molecule has 7 heteroatoms. The molecule has 164 valence electrons. The highest BCUT2D eigenvalue weighted by Crippen LogP contribution is 2.23. The molecule has 7 nitrogen and oxygen atoms in total. The molecule has 0 saturated carbocycles. The number of fused-ring (bicyclic) bond motifs is 2. The van der Waals surface area contributed by atoms with Crippen LogP contribution in [0.2, 0.25) is 0 Å². The average molecular weight is 430 g/mol. The lowest BCUT2D eigenvalue weighted by Gasteiger charge is -2.33. The number of nitrogens with one attached hydrogen (secondary N) is 1. The Bertz CT molecular complexity index is 1240. The lowest BCUT2D eigenvalue weighted by molar-refractivity contribution is -0.122. The van der Waals surface area contributed by atoms with Gasteiger partial charge in [0.25, 0.3) is 6.01 Å². The number of benzene rings is 2. The Labute approximate surface area is 187 Å². The van der Waals surface area contributed by atoms with Crippen LogP contribution >= 0.6 is 0 Å². The summed E-state index contributed by atoms with van der Waals surface area (Å²) in [4.78, 5) is 25.9. The molecule has 1 aliphatic heterocycles. The Hall–Kier alpha value is -3.45. The molecule has 5 rings (SSSR count). The molecule has 1 fully saturated rings. The number of carbonyl (C=O) groups excluding carboxylic acids is 1. The molecule has 32 heavy (non-hydrogen) atoms. The van der Waals surface area contributed by atoms with Crippen molar-refractivity contribution in [3.63, 3.8) is 0 Å². The molecule has 2 aromatic heterocycles. The molecular formula is C25H27N5O2. The van der Waals surface area contributed by atoms with Gasteiger partial charge < -0.3 is 14.6 Å². The molecule has 4 aromatic rings. The zero-order valence-electron chi connectivity index (χ0n) is 18.3. The summed E-state index contributed by atoms with van der Waals surface area (Å²) in [7, 11) is 0. The van der Waals surface area contributed by atoms with Gasteiger partial charge in [-0.3, -0.25) is 14.7 Å². The van der Waals surface area contributed by atoms with Crippen LogP contribution in [0.3, 0.4) is 0 Å². The van der Waals surface area contributed by atoms with Crippen LogP contribution in [0.4, 0.5) is 6.01 Å². The molecule has 0 atom stereocenters. The minimum atomic E-state index is 0.0592. The van der Waals surface area contributed by atoms with Gasteiger partial charge in [-0.05, 0) is 42.7 Å². The average Bonchev–Trinajstić information content (AvgIpc) is 3.23. The van der Waals surface area contributed by atoms with Crippen molar-refractivity contribution in [2.75, 3.05) is 44.2 Å². The Kier molecular flexibility index (Phi) is 5.73. The number of para-hydroxylation sites is 1. The van der Waals surface area contributed by atoms with Gasteiger partial charge in [0.15, 0.2) is 5.58 Å². The van der Waals surface area contributed by atoms with Crippen LogP contribution in [0.15, 0.2) is 59.1 Å². The van der Waals surface area contributed by atoms with Crippen molar-refractivity contribution in [1.82, 2.24) is 20.2 Å². The van der Waals surface area contributed by atoms with Crippen molar-refractivity contribution in [2.45, 2.75) is 13.3 Å². The van der Waals surface area contributed by atoms with E-state index < -0.39 is 0 Å². The number of carbonyl (C=O) groups is 1. The second kappa shape index (κ2) is 8.96. The van der Waals surface area contributed by atoms with Crippen molar-refractivity contribution in [2.24, 2.45) is 0 Å². The number of nitrogens with zero attached hydrogens (tertiary/aromatic N) is 4. The first kappa shape index (κ1) is 20.5. The summed E-state index contributed by atoms with van der Waals surface area (Å²) in [5, 5.41) is 4.18. The molecule has 0 aliphatic carbocycles. The summed E-state index contributed by atoms with van der Waals surface area (Å²) < 4.78 is 5.92. The van der Waals surface area contributed by atoms with E-state index in [0.717, 1.165) is 60.2 Å². The fourth-order valence-electron chi connectivity index (χ4n) is 4.22. The molecule has 0 unspecified atom stereocenters. The minimum absolute atomic E-state index is 0.0592. The quantitative estimate of drug-likeness (QED) is 0.508. The fourth-order valence-corrected chi connectivity index (χ4v) is 4.22. The maximum Gasteiger partial charge on any atom is 0.298 e. The Balaban J connectivity index is 1.09. The summed E-state index contributed by atoms with van der Waals surface area (Å²) in [6.07, 6.45) is 2.58. The van der Waals surface area contributed by atoms with Crippen molar-refractivity contribution < 1.29 is 9.21 Å². The number of amides is 1. The van der Waals surface area contributed by atoms with Crippen LogP contribution < -0.4 is 10.2 Å². The van der Waals surface area contributed by atoms with E-state index in [2.05, 4.69) is 50.2 Å². The Morgan fingerprint density at radius 1 is 1.09 bits per heavy atom. The number of piperazine rings is 1.